The number of nitrogens with two attached hydrogens (primary N) is 1. The highest BCUT2D eigenvalue weighted by Gasteiger charge is 2.17. The number of fused-ring (bicyclic) bond motifs is 1. The largest absolute Gasteiger partial charge is 0.366 e. The van der Waals surface area contributed by atoms with Crippen LogP contribution in [0.3, 0.4) is 0 Å². The van der Waals surface area contributed by atoms with E-state index in [4.69, 9.17) is 5.73 Å². The zero-order valence-electron chi connectivity index (χ0n) is 10.1. The second-order valence-corrected chi connectivity index (χ2v) is 4.70. The van der Waals surface area contributed by atoms with Crippen LogP contribution in [-0.2, 0) is 0 Å². The minimum atomic E-state index is -0.420. The number of aromatic nitrogens is 2. The maximum atomic E-state index is 11.4. The number of nitrogens with zero attached hydrogens (tertiary/aromatic N) is 2. The molecule has 5 nitrogen and oxygen atoms in total. The van der Waals surface area contributed by atoms with Crippen LogP contribution in [0.5, 0.6) is 0 Å². The van der Waals surface area contributed by atoms with E-state index in [-0.39, 0.29) is 0 Å². The highest BCUT2D eigenvalue weighted by molar-refractivity contribution is 6.04. The molecule has 3 N–H and O–H groups in total. The van der Waals surface area contributed by atoms with Crippen LogP contribution in [-0.4, -0.2) is 28.8 Å². The van der Waals surface area contributed by atoms with Gasteiger partial charge in [-0.05, 0) is 32.0 Å². The zero-order chi connectivity index (χ0) is 12.5. The molecule has 0 spiro atoms. The van der Waals surface area contributed by atoms with Crippen molar-refractivity contribution in [2.45, 2.75) is 18.9 Å². The Kier molecular flexibility index (Phi) is 2.76. The Balaban J connectivity index is 2.04. The number of hydrogen-bond donors (Lipinski definition) is 2. The van der Waals surface area contributed by atoms with Crippen LogP contribution in [0, 0.1) is 0 Å². The molecule has 0 aliphatic carbocycles. The van der Waals surface area contributed by atoms with E-state index in [9.17, 15) is 4.79 Å². The van der Waals surface area contributed by atoms with E-state index in [2.05, 4.69) is 10.4 Å². The van der Waals surface area contributed by atoms with E-state index in [0.29, 0.717) is 17.1 Å². The number of amides is 1. The first-order chi connectivity index (χ1) is 8.75. The van der Waals surface area contributed by atoms with Crippen molar-refractivity contribution in [1.29, 1.82) is 0 Å². The molecule has 1 saturated heterocycles. The molecule has 0 atom stereocenters. The molecule has 0 radical (unpaired) electrons. The van der Waals surface area contributed by atoms with Crippen molar-refractivity contribution in [3.05, 3.63) is 30.0 Å². The molecule has 0 bridgehead atoms. The highest BCUT2D eigenvalue weighted by Crippen LogP contribution is 2.23. The lowest BCUT2D eigenvalue weighted by molar-refractivity contribution is 0.100. The Morgan fingerprint density at radius 3 is 2.89 bits per heavy atom. The molecule has 1 aliphatic heterocycles. The summed E-state index contributed by atoms with van der Waals surface area (Å²) in [7, 11) is 0. The van der Waals surface area contributed by atoms with Crippen molar-refractivity contribution >= 4 is 16.8 Å². The van der Waals surface area contributed by atoms with Gasteiger partial charge in [-0.1, -0.05) is 12.1 Å². The third-order valence-corrected chi connectivity index (χ3v) is 3.50. The fraction of sp³-hybridized carbons (Fsp3) is 0.385. The Hall–Kier alpha value is -1.88. The van der Waals surface area contributed by atoms with Crippen LogP contribution in [0.25, 0.3) is 10.9 Å². The number of carbonyl (C=O) groups excluding carboxylic acids is 1. The molecule has 0 unspecified atom stereocenters. The summed E-state index contributed by atoms with van der Waals surface area (Å²) in [5, 5.41) is 8.85. The van der Waals surface area contributed by atoms with Crippen LogP contribution < -0.4 is 11.1 Å². The molecule has 18 heavy (non-hydrogen) atoms. The van der Waals surface area contributed by atoms with E-state index in [1.165, 1.54) is 0 Å². The minimum Gasteiger partial charge on any atom is -0.366 e. The van der Waals surface area contributed by atoms with E-state index in [1.54, 1.807) is 6.07 Å². The topological polar surface area (TPSA) is 72.9 Å². The first-order valence-electron chi connectivity index (χ1n) is 6.24. The van der Waals surface area contributed by atoms with Gasteiger partial charge in [0, 0.05) is 11.6 Å². The number of piperidine rings is 1. The zero-order valence-corrected chi connectivity index (χ0v) is 10.1. The number of primary amides is 1. The van der Waals surface area contributed by atoms with Gasteiger partial charge < -0.3 is 11.1 Å². The number of nitrogens with one attached hydrogen (secondary N) is 1. The molecule has 3 rings (SSSR count). The minimum absolute atomic E-state index is 0.416. The third-order valence-electron chi connectivity index (χ3n) is 3.50. The van der Waals surface area contributed by atoms with Gasteiger partial charge in [0.2, 0.25) is 0 Å². The Labute approximate surface area is 105 Å². The monoisotopic (exact) mass is 244 g/mol. The first-order valence-corrected chi connectivity index (χ1v) is 6.24. The summed E-state index contributed by atoms with van der Waals surface area (Å²) in [5.41, 5.74) is 6.58. The maximum Gasteiger partial charge on any atom is 0.250 e. The summed E-state index contributed by atoms with van der Waals surface area (Å²) in [5.74, 6) is -0.420. The fourth-order valence-electron chi connectivity index (χ4n) is 2.52. The predicted octanol–water partition coefficient (Wildman–Crippen LogP) is 1.06. The van der Waals surface area contributed by atoms with Crippen LogP contribution in [0.4, 0.5) is 0 Å². The molecule has 5 heteroatoms. The van der Waals surface area contributed by atoms with Crippen molar-refractivity contribution in [3.8, 4) is 0 Å². The Bertz CT molecular complexity index is 584. The lowest BCUT2D eigenvalue weighted by Gasteiger charge is -2.22. The molecule has 2 aromatic rings. The van der Waals surface area contributed by atoms with Crippen LogP contribution >= 0.6 is 0 Å². The highest BCUT2D eigenvalue weighted by atomic mass is 16.1. The van der Waals surface area contributed by atoms with Crippen LogP contribution in [0.15, 0.2) is 24.4 Å². The molecule has 94 valence electrons. The summed E-state index contributed by atoms with van der Waals surface area (Å²) < 4.78 is 1.98. The van der Waals surface area contributed by atoms with E-state index in [0.717, 1.165) is 31.3 Å². The molecule has 1 aromatic heterocycles. The summed E-state index contributed by atoms with van der Waals surface area (Å²) in [4.78, 5) is 11.4. The maximum absolute atomic E-state index is 11.4. The van der Waals surface area contributed by atoms with Crippen molar-refractivity contribution in [2.24, 2.45) is 5.73 Å². The van der Waals surface area contributed by atoms with Gasteiger partial charge in [-0.3, -0.25) is 9.48 Å². The molecule has 1 aromatic carbocycles. The van der Waals surface area contributed by atoms with Crippen molar-refractivity contribution in [2.75, 3.05) is 13.1 Å². The third kappa shape index (κ3) is 1.86. The lowest BCUT2D eigenvalue weighted by Crippen LogP contribution is -2.29. The SMILES string of the molecule is NC(=O)c1cccc2cn(C3CCNCC3)nc12. The number of rotatable bonds is 2. The van der Waals surface area contributed by atoms with Crippen molar-refractivity contribution in [3.63, 3.8) is 0 Å². The van der Waals surface area contributed by atoms with Gasteiger partial charge in [0.15, 0.2) is 0 Å². The second kappa shape index (κ2) is 4.42. The van der Waals surface area contributed by atoms with Crippen LogP contribution in [0.1, 0.15) is 29.2 Å². The van der Waals surface area contributed by atoms with E-state index in [1.807, 2.05) is 23.0 Å². The summed E-state index contributed by atoms with van der Waals surface area (Å²) in [6.45, 7) is 2.03. The van der Waals surface area contributed by atoms with Gasteiger partial charge in [-0.15, -0.1) is 0 Å². The Morgan fingerprint density at radius 2 is 2.17 bits per heavy atom. The average Bonchev–Trinajstić information content (AvgIpc) is 2.83. The van der Waals surface area contributed by atoms with Crippen molar-refractivity contribution < 1.29 is 4.79 Å². The molecule has 1 aliphatic rings. The quantitative estimate of drug-likeness (QED) is 0.829. The van der Waals surface area contributed by atoms with Gasteiger partial charge in [0.05, 0.1) is 11.6 Å². The van der Waals surface area contributed by atoms with Gasteiger partial charge >= 0.3 is 0 Å². The molecular weight excluding hydrogens is 228 g/mol. The number of benzene rings is 1. The molecule has 0 saturated carbocycles. The van der Waals surface area contributed by atoms with Gasteiger partial charge in [-0.25, -0.2) is 0 Å². The Morgan fingerprint density at radius 1 is 1.39 bits per heavy atom. The summed E-state index contributed by atoms with van der Waals surface area (Å²) >= 11 is 0. The normalized spacial score (nSPS) is 17.1. The summed E-state index contributed by atoms with van der Waals surface area (Å²) in [6, 6.07) is 5.95. The second-order valence-electron chi connectivity index (χ2n) is 4.70. The molecule has 1 amide bonds. The fourth-order valence-corrected chi connectivity index (χ4v) is 2.52. The standard InChI is InChI=1S/C13H16N4O/c14-13(18)11-3-1-2-9-8-17(16-12(9)11)10-4-6-15-7-5-10/h1-3,8,10,15H,4-7H2,(H2,14,18). The van der Waals surface area contributed by atoms with Gasteiger partial charge in [0.1, 0.15) is 5.52 Å². The average molecular weight is 244 g/mol. The van der Waals surface area contributed by atoms with E-state index < -0.39 is 5.91 Å². The smallest absolute Gasteiger partial charge is 0.250 e. The number of carbonyl (C=O) groups is 1. The van der Waals surface area contributed by atoms with Crippen molar-refractivity contribution in [1.82, 2.24) is 15.1 Å². The predicted molar refractivity (Wildman–Crippen MR) is 69.4 cm³/mol. The van der Waals surface area contributed by atoms with Gasteiger partial charge in [0.25, 0.3) is 5.91 Å². The van der Waals surface area contributed by atoms with Crippen LogP contribution in [0.2, 0.25) is 0 Å². The summed E-state index contributed by atoms with van der Waals surface area (Å²) in [6.07, 6.45) is 4.15. The lowest BCUT2D eigenvalue weighted by atomic mass is 10.1. The number of hydrogen-bond acceptors (Lipinski definition) is 3. The molecule has 1 fully saturated rings. The van der Waals surface area contributed by atoms with E-state index >= 15 is 0 Å². The van der Waals surface area contributed by atoms with Gasteiger partial charge in [-0.2, -0.15) is 5.10 Å². The molecule has 2 heterocycles. The first kappa shape index (κ1) is 11.2. The molecular formula is C13H16N4O.